The molecule has 2 amide bonds. The maximum Gasteiger partial charge on any atom is 0.407 e. The van der Waals surface area contributed by atoms with Gasteiger partial charge < -0.3 is 15.4 Å². The Morgan fingerprint density at radius 3 is 2.52 bits per heavy atom. The summed E-state index contributed by atoms with van der Waals surface area (Å²) in [6.07, 6.45) is 3.81. The molecule has 0 aliphatic carbocycles. The smallest absolute Gasteiger partial charge is 0.407 e. The number of unbranched alkanes of at least 4 members (excludes halogenated alkanes) is 1. The molecule has 1 aromatic heterocycles. The maximum absolute atomic E-state index is 12.8. The van der Waals surface area contributed by atoms with E-state index in [1.54, 1.807) is 10.9 Å². The summed E-state index contributed by atoms with van der Waals surface area (Å²) in [5.74, 6) is -0.197. The third kappa shape index (κ3) is 6.93. The monoisotopic (exact) mass is 400 g/mol. The number of benzene rings is 1. The Hall–Kier alpha value is -2.83. The third-order valence-corrected chi connectivity index (χ3v) is 4.39. The highest BCUT2D eigenvalue weighted by atomic mass is 16.6. The number of para-hydroxylation sites is 1. The van der Waals surface area contributed by atoms with Crippen LogP contribution in [-0.4, -0.2) is 40.0 Å². The Balaban J connectivity index is 2.04. The number of carbonyl (C=O) groups is 2. The predicted octanol–water partition coefficient (Wildman–Crippen LogP) is 3.99. The van der Waals surface area contributed by atoms with E-state index >= 15 is 0 Å². The van der Waals surface area contributed by atoms with Crippen LogP contribution < -0.4 is 10.6 Å². The van der Waals surface area contributed by atoms with Gasteiger partial charge in [-0.05, 0) is 46.2 Å². The number of amides is 2. The first kappa shape index (κ1) is 22.5. The van der Waals surface area contributed by atoms with Crippen molar-refractivity contribution in [1.29, 1.82) is 0 Å². The lowest BCUT2D eigenvalue weighted by Crippen LogP contribution is -2.45. The highest BCUT2D eigenvalue weighted by Crippen LogP contribution is 2.14. The zero-order valence-electron chi connectivity index (χ0n) is 18.0. The highest BCUT2D eigenvalue weighted by Gasteiger charge is 2.21. The molecule has 1 atom stereocenters. The van der Waals surface area contributed by atoms with E-state index in [4.69, 9.17) is 4.74 Å². The van der Waals surface area contributed by atoms with E-state index in [-0.39, 0.29) is 11.9 Å². The van der Waals surface area contributed by atoms with Gasteiger partial charge in [0.05, 0.1) is 23.1 Å². The quantitative estimate of drug-likeness (QED) is 0.701. The molecule has 0 radical (unpaired) electrons. The molecule has 0 spiro atoms. The minimum absolute atomic E-state index is 0.186. The minimum Gasteiger partial charge on any atom is -0.444 e. The van der Waals surface area contributed by atoms with E-state index in [0.717, 1.165) is 30.6 Å². The lowest BCUT2D eigenvalue weighted by Gasteiger charge is -2.22. The van der Waals surface area contributed by atoms with Crippen LogP contribution in [0.5, 0.6) is 0 Å². The van der Waals surface area contributed by atoms with Crippen LogP contribution in [0.4, 0.5) is 4.79 Å². The van der Waals surface area contributed by atoms with Crippen molar-refractivity contribution in [3.05, 3.63) is 47.8 Å². The number of alkyl carbamates (subject to hydrolysis) is 1. The first-order chi connectivity index (χ1) is 13.7. The average molecular weight is 401 g/mol. The molecule has 0 saturated heterocycles. The van der Waals surface area contributed by atoms with Gasteiger partial charge in [0.2, 0.25) is 0 Å². The normalized spacial score (nSPS) is 12.3. The molecule has 0 bridgehead atoms. The number of carbonyl (C=O) groups excluding carboxylic acids is 2. The van der Waals surface area contributed by atoms with Crippen LogP contribution in [0.2, 0.25) is 0 Å². The largest absolute Gasteiger partial charge is 0.444 e. The molecule has 0 aliphatic rings. The number of hydrogen-bond acceptors (Lipinski definition) is 4. The van der Waals surface area contributed by atoms with Crippen LogP contribution in [0.3, 0.4) is 0 Å². The zero-order chi connectivity index (χ0) is 21.4. The SMILES string of the molecule is CCCCC(CNC(=O)OC(C)(C)C)NC(=O)c1cnn(-c2ccccc2)c1C. The Labute approximate surface area is 172 Å². The Morgan fingerprint density at radius 2 is 1.90 bits per heavy atom. The first-order valence-corrected chi connectivity index (χ1v) is 10.1. The molecule has 2 aromatic rings. The van der Waals surface area contributed by atoms with Gasteiger partial charge in [-0.3, -0.25) is 4.79 Å². The van der Waals surface area contributed by atoms with Gasteiger partial charge in [-0.15, -0.1) is 0 Å². The number of aromatic nitrogens is 2. The van der Waals surface area contributed by atoms with Crippen LogP contribution in [0.1, 0.15) is 63.0 Å². The van der Waals surface area contributed by atoms with E-state index in [0.29, 0.717) is 12.1 Å². The second-order valence-electron chi connectivity index (χ2n) is 8.09. The van der Waals surface area contributed by atoms with Crippen molar-refractivity contribution in [3.63, 3.8) is 0 Å². The van der Waals surface area contributed by atoms with Crippen molar-refractivity contribution >= 4 is 12.0 Å². The van der Waals surface area contributed by atoms with Crippen molar-refractivity contribution in [3.8, 4) is 5.69 Å². The summed E-state index contributed by atoms with van der Waals surface area (Å²) in [5, 5.41) is 10.1. The molecule has 0 fully saturated rings. The minimum atomic E-state index is -0.560. The standard InChI is InChI=1S/C22H32N4O3/c1-6-7-11-17(14-23-21(28)29-22(3,4)5)25-20(27)19-15-24-26(16(19)2)18-12-9-8-10-13-18/h8-10,12-13,15,17H,6-7,11,14H2,1-5H3,(H,23,28)(H,25,27). The van der Waals surface area contributed by atoms with Crippen molar-refractivity contribution in [2.45, 2.75) is 65.5 Å². The molecule has 158 valence electrons. The molecule has 2 rings (SSSR count). The third-order valence-electron chi connectivity index (χ3n) is 4.39. The number of hydrogen-bond donors (Lipinski definition) is 2. The van der Waals surface area contributed by atoms with Gasteiger partial charge in [0, 0.05) is 12.6 Å². The molecule has 1 heterocycles. The molecule has 1 aromatic carbocycles. The Morgan fingerprint density at radius 1 is 1.21 bits per heavy atom. The van der Waals surface area contributed by atoms with E-state index in [2.05, 4.69) is 22.7 Å². The van der Waals surface area contributed by atoms with Gasteiger partial charge in [-0.25, -0.2) is 9.48 Å². The topological polar surface area (TPSA) is 85.2 Å². The van der Waals surface area contributed by atoms with E-state index in [9.17, 15) is 9.59 Å². The fourth-order valence-electron chi connectivity index (χ4n) is 2.92. The number of nitrogens with one attached hydrogen (secondary N) is 2. The second kappa shape index (κ2) is 10.1. The van der Waals surface area contributed by atoms with Crippen LogP contribution in [0.15, 0.2) is 36.5 Å². The lowest BCUT2D eigenvalue weighted by atomic mass is 10.1. The summed E-state index contributed by atoms with van der Waals surface area (Å²) in [5.41, 5.74) is 1.63. The van der Waals surface area contributed by atoms with Gasteiger partial charge in [0.25, 0.3) is 5.91 Å². The molecule has 7 nitrogen and oxygen atoms in total. The van der Waals surface area contributed by atoms with Crippen molar-refractivity contribution in [2.24, 2.45) is 0 Å². The predicted molar refractivity (Wildman–Crippen MR) is 113 cm³/mol. The van der Waals surface area contributed by atoms with Crippen molar-refractivity contribution in [2.75, 3.05) is 6.54 Å². The van der Waals surface area contributed by atoms with Gasteiger partial charge in [0.1, 0.15) is 5.60 Å². The average Bonchev–Trinajstić information content (AvgIpc) is 3.04. The summed E-state index contributed by atoms with van der Waals surface area (Å²) in [6, 6.07) is 9.49. The van der Waals surface area contributed by atoms with Gasteiger partial charge in [0.15, 0.2) is 0 Å². The fraction of sp³-hybridized carbons (Fsp3) is 0.500. The highest BCUT2D eigenvalue weighted by molar-refractivity contribution is 5.95. The van der Waals surface area contributed by atoms with Crippen molar-refractivity contribution in [1.82, 2.24) is 20.4 Å². The zero-order valence-corrected chi connectivity index (χ0v) is 18.0. The van der Waals surface area contributed by atoms with Crippen molar-refractivity contribution < 1.29 is 14.3 Å². The van der Waals surface area contributed by atoms with Crippen LogP contribution >= 0.6 is 0 Å². The van der Waals surface area contributed by atoms with Crippen LogP contribution in [-0.2, 0) is 4.74 Å². The lowest BCUT2D eigenvalue weighted by molar-refractivity contribution is 0.0519. The van der Waals surface area contributed by atoms with Gasteiger partial charge >= 0.3 is 6.09 Å². The van der Waals surface area contributed by atoms with E-state index in [1.165, 1.54) is 0 Å². The molecular weight excluding hydrogens is 368 g/mol. The number of nitrogens with zero attached hydrogens (tertiary/aromatic N) is 2. The first-order valence-electron chi connectivity index (χ1n) is 10.1. The Kier molecular flexibility index (Phi) is 7.82. The number of ether oxygens (including phenoxy) is 1. The van der Waals surface area contributed by atoms with Gasteiger partial charge in [-0.2, -0.15) is 5.10 Å². The second-order valence-corrected chi connectivity index (χ2v) is 8.09. The van der Waals surface area contributed by atoms with Gasteiger partial charge in [-0.1, -0.05) is 38.0 Å². The molecule has 29 heavy (non-hydrogen) atoms. The van der Waals surface area contributed by atoms with Crippen LogP contribution in [0.25, 0.3) is 5.69 Å². The molecule has 2 N–H and O–H groups in total. The summed E-state index contributed by atoms with van der Waals surface area (Å²) >= 11 is 0. The number of rotatable bonds is 8. The summed E-state index contributed by atoms with van der Waals surface area (Å²) in [7, 11) is 0. The van der Waals surface area contributed by atoms with E-state index in [1.807, 2.05) is 58.0 Å². The van der Waals surface area contributed by atoms with Crippen LogP contribution in [0, 0.1) is 6.92 Å². The summed E-state index contributed by atoms with van der Waals surface area (Å²) in [6.45, 7) is 9.72. The van der Waals surface area contributed by atoms with E-state index < -0.39 is 11.7 Å². The summed E-state index contributed by atoms with van der Waals surface area (Å²) < 4.78 is 7.02. The maximum atomic E-state index is 12.8. The Bertz CT molecular complexity index is 809. The summed E-state index contributed by atoms with van der Waals surface area (Å²) in [4.78, 5) is 24.8. The molecule has 1 unspecified atom stereocenters. The molecule has 0 saturated carbocycles. The molecule has 0 aliphatic heterocycles. The molecule has 7 heteroatoms. The molecular formula is C22H32N4O3. The fourth-order valence-corrected chi connectivity index (χ4v) is 2.92.